The van der Waals surface area contributed by atoms with Crippen LogP contribution in [0.3, 0.4) is 0 Å². The Balaban J connectivity index is 1.52. The van der Waals surface area contributed by atoms with E-state index in [1.54, 1.807) is 6.07 Å². The minimum Gasteiger partial charge on any atom is -0.437 e. The fraction of sp³-hybridized carbons (Fsp3) is 0.233. The zero-order valence-electron chi connectivity index (χ0n) is 34.0. The molecule has 0 aliphatic heterocycles. The topological polar surface area (TPSA) is 47.7 Å². The lowest BCUT2D eigenvalue weighted by Crippen LogP contribution is -2.30. The Morgan fingerprint density at radius 2 is 1.48 bits per heavy atom. The zero-order valence-corrected chi connectivity index (χ0v) is 28.0. The van der Waals surface area contributed by atoms with Crippen molar-refractivity contribution in [1.29, 1.82) is 0 Å². The molecule has 8 rings (SSSR count). The Morgan fingerprint density at radius 3 is 2.19 bits per heavy atom. The SMILES string of the molecule is [2H]C([2H])([2H])c1ccc2c(n1)c(C([2H])([2H])[2H])nc1oc3c(-c4n(-c5c(C(C)C)cc(-c6ccccc6)cc5C(C)C)c5ccccc5[n+]4C)c(C)ccc3c12. The molecule has 0 N–H and O–H groups in total. The average molecular weight is 636 g/mol. The summed E-state index contributed by atoms with van der Waals surface area (Å²) >= 11 is 0. The largest absolute Gasteiger partial charge is 0.437 e. The van der Waals surface area contributed by atoms with Gasteiger partial charge in [-0.05, 0) is 79.5 Å². The molecule has 0 aliphatic carbocycles. The Hall–Kier alpha value is -5.29. The van der Waals surface area contributed by atoms with Crippen LogP contribution in [0.1, 0.15) is 75.8 Å². The van der Waals surface area contributed by atoms with Gasteiger partial charge in [-0.25, -0.2) is 9.55 Å². The second-order valence-corrected chi connectivity index (χ2v) is 13.4. The van der Waals surface area contributed by atoms with E-state index in [2.05, 4.69) is 115 Å². The number of benzene rings is 4. The van der Waals surface area contributed by atoms with Gasteiger partial charge in [0.15, 0.2) is 16.6 Å². The predicted octanol–water partition coefficient (Wildman–Crippen LogP) is 10.8. The van der Waals surface area contributed by atoms with E-state index in [9.17, 15) is 0 Å². The Bertz CT molecular complexity index is 2750. The molecule has 5 nitrogen and oxygen atoms in total. The van der Waals surface area contributed by atoms with Gasteiger partial charge in [-0.1, -0.05) is 88.4 Å². The molecule has 48 heavy (non-hydrogen) atoms. The van der Waals surface area contributed by atoms with Gasteiger partial charge >= 0.3 is 0 Å². The molecule has 8 aromatic rings. The lowest BCUT2D eigenvalue weighted by molar-refractivity contribution is -0.633. The van der Waals surface area contributed by atoms with Crippen LogP contribution >= 0.6 is 0 Å². The smallest absolute Gasteiger partial charge is 0.299 e. The molecule has 5 heteroatoms. The first-order chi connectivity index (χ1) is 25.6. The van der Waals surface area contributed by atoms with Crippen molar-refractivity contribution >= 4 is 44.0 Å². The monoisotopic (exact) mass is 635 g/mol. The number of imidazole rings is 1. The highest BCUT2D eigenvalue weighted by molar-refractivity contribution is 6.19. The van der Waals surface area contributed by atoms with Gasteiger partial charge in [-0.3, -0.25) is 4.98 Å². The van der Waals surface area contributed by atoms with Crippen LogP contribution in [0, 0.1) is 20.6 Å². The van der Waals surface area contributed by atoms with Crippen molar-refractivity contribution in [3.8, 4) is 28.2 Å². The molecule has 4 heterocycles. The van der Waals surface area contributed by atoms with E-state index >= 15 is 0 Å². The van der Waals surface area contributed by atoms with E-state index in [0.29, 0.717) is 16.4 Å². The number of hydrogen-bond acceptors (Lipinski definition) is 3. The second kappa shape index (κ2) is 11.2. The number of fused-ring (bicyclic) bond motifs is 6. The van der Waals surface area contributed by atoms with Gasteiger partial charge in [-0.2, -0.15) is 4.57 Å². The van der Waals surface area contributed by atoms with Gasteiger partial charge in [0.2, 0.25) is 5.71 Å². The van der Waals surface area contributed by atoms with Gasteiger partial charge in [0.25, 0.3) is 5.82 Å². The molecule has 0 aliphatic rings. The maximum Gasteiger partial charge on any atom is 0.299 e. The van der Waals surface area contributed by atoms with Crippen LogP contribution in [0.25, 0.3) is 72.2 Å². The normalized spacial score (nSPS) is 14.5. The molecule has 0 fully saturated rings. The third-order valence-corrected chi connectivity index (χ3v) is 9.63. The predicted molar refractivity (Wildman–Crippen MR) is 198 cm³/mol. The highest BCUT2D eigenvalue weighted by atomic mass is 16.3. The van der Waals surface area contributed by atoms with E-state index < -0.39 is 13.7 Å². The number of para-hydroxylation sites is 2. The molecule has 0 spiro atoms. The standard InChI is InChI=1S/C43H41N4O/c1-24(2)33-22-30(29-14-10-9-11-15-29)23-34(25(3)4)40(33)47-36-17-13-12-16-35(36)46(8)43(47)37-26(5)18-20-32-38-31-21-19-27(6)44-39(31)28(7)45-42(38)48-41(32)37/h9-25H,1-8H3/q+1/i6D3,7D3. The Morgan fingerprint density at radius 1 is 0.771 bits per heavy atom. The lowest BCUT2D eigenvalue weighted by Gasteiger charge is -2.21. The average Bonchev–Trinajstić information content (AvgIpc) is 3.64. The third kappa shape index (κ3) is 4.48. The summed E-state index contributed by atoms with van der Waals surface area (Å²) in [6.45, 7) is 5.80. The van der Waals surface area contributed by atoms with Crippen LogP contribution < -0.4 is 4.57 Å². The number of nitrogens with zero attached hydrogens (tertiary/aromatic N) is 4. The zero-order chi connectivity index (χ0) is 38.4. The third-order valence-electron chi connectivity index (χ3n) is 9.63. The summed E-state index contributed by atoms with van der Waals surface area (Å²) in [5.74, 6) is 1.27. The van der Waals surface area contributed by atoms with E-state index in [1.165, 1.54) is 22.8 Å². The van der Waals surface area contributed by atoms with Gasteiger partial charge in [0.05, 0.1) is 23.6 Å². The number of aryl methyl sites for hydroxylation is 4. The van der Waals surface area contributed by atoms with Gasteiger partial charge < -0.3 is 4.42 Å². The molecule has 4 aromatic heterocycles. The van der Waals surface area contributed by atoms with Crippen molar-refractivity contribution in [2.75, 3.05) is 0 Å². The maximum atomic E-state index is 8.34. The van der Waals surface area contributed by atoms with Crippen molar-refractivity contribution in [2.45, 2.75) is 60.2 Å². The maximum absolute atomic E-state index is 8.34. The van der Waals surface area contributed by atoms with Crippen LogP contribution in [0.5, 0.6) is 0 Å². The molecule has 238 valence electrons. The summed E-state index contributed by atoms with van der Waals surface area (Å²) in [5, 5.41) is 1.79. The van der Waals surface area contributed by atoms with Crippen molar-refractivity contribution in [3.63, 3.8) is 0 Å². The van der Waals surface area contributed by atoms with Crippen LogP contribution in [-0.4, -0.2) is 14.5 Å². The van der Waals surface area contributed by atoms with Crippen molar-refractivity contribution < 1.29 is 17.2 Å². The van der Waals surface area contributed by atoms with Crippen molar-refractivity contribution in [1.82, 2.24) is 14.5 Å². The summed E-state index contributed by atoms with van der Waals surface area (Å²) in [6, 6.07) is 30.6. The molecule has 0 amide bonds. The molecule has 0 unspecified atom stereocenters. The number of pyridine rings is 2. The first-order valence-corrected chi connectivity index (χ1v) is 16.5. The van der Waals surface area contributed by atoms with E-state index in [-0.39, 0.29) is 34.5 Å². The molecule has 0 saturated carbocycles. The molecule has 0 radical (unpaired) electrons. The van der Waals surface area contributed by atoms with E-state index in [0.717, 1.165) is 44.6 Å². The van der Waals surface area contributed by atoms with Crippen molar-refractivity contribution in [2.24, 2.45) is 7.05 Å². The Kier molecular flexibility index (Phi) is 5.57. The quantitative estimate of drug-likeness (QED) is 0.177. The van der Waals surface area contributed by atoms with Crippen molar-refractivity contribution in [3.05, 3.63) is 119 Å². The highest BCUT2D eigenvalue weighted by Gasteiger charge is 2.34. The molecule has 0 bridgehead atoms. The molecule has 0 atom stereocenters. The van der Waals surface area contributed by atoms with Crippen LogP contribution in [0.2, 0.25) is 0 Å². The first kappa shape index (κ1) is 23.9. The minimum absolute atomic E-state index is 0.0299. The first-order valence-electron chi connectivity index (χ1n) is 19.5. The summed E-state index contributed by atoms with van der Waals surface area (Å²) in [7, 11) is 2.07. The van der Waals surface area contributed by atoms with Crippen LogP contribution in [0.4, 0.5) is 0 Å². The van der Waals surface area contributed by atoms with Gasteiger partial charge in [-0.15, -0.1) is 0 Å². The van der Waals surface area contributed by atoms with Gasteiger partial charge in [0, 0.05) is 35.8 Å². The number of hydrogen-bond donors (Lipinski definition) is 0. The lowest BCUT2D eigenvalue weighted by atomic mass is 9.88. The summed E-state index contributed by atoms with van der Waals surface area (Å²) in [6.07, 6.45) is 0. The van der Waals surface area contributed by atoms with E-state index in [1.807, 2.05) is 24.3 Å². The summed E-state index contributed by atoms with van der Waals surface area (Å²) < 4.78 is 60.2. The summed E-state index contributed by atoms with van der Waals surface area (Å²) in [5.41, 5.74) is 10.00. The molecule has 0 saturated heterocycles. The van der Waals surface area contributed by atoms with Crippen LogP contribution in [-0.2, 0) is 7.05 Å². The Labute approximate surface area is 289 Å². The van der Waals surface area contributed by atoms with Gasteiger partial charge in [0.1, 0.15) is 11.3 Å². The number of furan rings is 1. The molecular formula is C43H41N4O+. The minimum atomic E-state index is -2.67. The number of rotatable bonds is 5. The highest BCUT2D eigenvalue weighted by Crippen LogP contribution is 2.44. The fourth-order valence-electron chi connectivity index (χ4n) is 7.30. The second-order valence-electron chi connectivity index (χ2n) is 13.4. The summed E-state index contributed by atoms with van der Waals surface area (Å²) in [4.78, 5) is 8.96. The molecule has 4 aromatic carbocycles. The molecular weight excluding hydrogens is 589 g/mol. The number of aromatic nitrogens is 4. The fourth-order valence-corrected chi connectivity index (χ4v) is 7.30. The van der Waals surface area contributed by atoms with Crippen LogP contribution in [0.15, 0.2) is 95.4 Å². The van der Waals surface area contributed by atoms with E-state index in [4.69, 9.17) is 12.6 Å².